The van der Waals surface area contributed by atoms with Crippen LogP contribution in [0.15, 0.2) is 36.8 Å². The molecule has 0 aliphatic rings. The lowest BCUT2D eigenvalue weighted by molar-refractivity contribution is 0.651. The summed E-state index contributed by atoms with van der Waals surface area (Å²) in [5.41, 5.74) is 3.83. The molecular formula is C15H21N3. The summed E-state index contributed by atoms with van der Waals surface area (Å²) >= 11 is 0. The fourth-order valence-electron chi connectivity index (χ4n) is 2.12. The van der Waals surface area contributed by atoms with E-state index in [9.17, 15) is 0 Å². The van der Waals surface area contributed by atoms with Crippen LogP contribution in [0.4, 0.5) is 5.69 Å². The van der Waals surface area contributed by atoms with Gasteiger partial charge in [0.25, 0.3) is 0 Å². The number of para-hydroxylation sites is 1. The second kappa shape index (κ2) is 6.24. The Hall–Kier alpha value is -1.77. The lowest BCUT2D eigenvalue weighted by Gasteiger charge is -2.12. The highest BCUT2D eigenvalue weighted by Gasteiger charge is 2.03. The molecule has 0 aliphatic carbocycles. The summed E-state index contributed by atoms with van der Waals surface area (Å²) in [6.45, 7) is 6.23. The number of aromatic nitrogens is 2. The molecular weight excluding hydrogens is 222 g/mol. The molecule has 0 bridgehead atoms. The zero-order valence-corrected chi connectivity index (χ0v) is 11.2. The first kappa shape index (κ1) is 12.7. The Morgan fingerprint density at radius 2 is 2.06 bits per heavy atom. The molecule has 0 spiro atoms. The molecule has 3 nitrogen and oxygen atoms in total. The van der Waals surface area contributed by atoms with Crippen LogP contribution in [0.5, 0.6) is 0 Å². The Morgan fingerprint density at radius 3 is 2.83 bits per heavy atom. The van der Waals surface area contributed by atoms with Crippen LogP contribution < -0.4 is 5.32 Å². The van der Waals surface area contributed by atoms with Crippen molar-refractivity contribution in [1.29, 1.82) is 0 Å². The predicted molar refractivity (Wildman–Crippen MR) is 75.7 cm³/mol. The van der Waals surface area contributed by atoms with Crippen LogP contribution in [0.25, 0.3) is 0 Å². The number of imidazole rings is 1. The highest BCUT2D eigenvalue weighted by atomic mass is 15.1. The third-order valence-electron chi connectivity index (χ3n) is 3.12. The number of hydrogen-bond donors (Lipinski definition) is 1. The normalized spacial score (nSPS) is 10.6. The zero-order chi connectivity index (χ0) is 12.8. The van der Waals surface area contributed by atoms with E-state index >= 15 is 0 Å². The average molecular weight is 243 g/mol. The fraction of sp³-hybridized carbons (Fsp3) is 0.400. The Morgan fingerprint density at radius 1 is 1.22 bits per heavy atom. The predicted octanol–water partition coefficient (Wildman–Crippen LogP) is 3.47. The maximum atomic E-state index is 4.22. The number of rotatable bonds is 6. The average Bonchev–Trinajstić information content (AvgIpc) is 2.84. The van der Waals surface area contributed by atoms with Crippen molar-refractivity contribution in [2.75, 3.05) is 5.32 Å². The monoisotopic (exact) mass is 243 g/mol. The van der Waals surface area contributed by atoms with Crippen molar-refractivity contribution in [2.45, 2.75) is 39.8 Å². The molecule has 18 heavy (non-hydrogen) atoms. The van der Waals surface area contributed by atoms with Gasteiger partial charge in [-0.2, -0.15) is 0 Å². The van der Waals surface area contributed by atoms with Gasteiger partial charge in [-0.25, -0.2) is 4.98 Å². The molecule has 2 rings (SSSR count). The van der Waals surface area contributed by atoms with E-state index in [0.29, 0.717) is 0 Å². The first-order chi connectivity index (χ1) is 8.85. The van der Waals surface area contributed by atoms with Crippen LogP contribution in [0.3, 0.4) is 0 Å². The van der Waals surface area contributed by atoms with E-state index in [0.717, 1.165) is 25.9 Å². The number of nitrogens with zero attached hydrogens (tertiary/aromatic N) is 2. The second-order valence-electron chi connectivity index (χ2n) is 4.44. The van der Waals surface area contributed by atoms with Crippen LogP contribution in [-0.2, 0) is 19.5 Å². The molecule has 1 aromatic carbocycles. The Labute approximate surface area is 109 Å². The molecule has 0 aliphatic heterocycles. The summed E-state index contributed by atoms with van der Waals surface area (Å²) in [6, 6.07) is 8.47. The van der Waals surface area contributed by atoms with Crippen molar-refractivity contribution in [3.05, 3.63) is 48.0 Å². The van der Waals surface area contributed by atoms with E-state index < -0.39 is 0 Å². The summed E-state index contributed by atoms with van der Waals surface area (Å²) in [5, 5.41) is 3.50. The van der Waals surface area contributed by atoms with Crippen molar-refractivity contribution >= 4 is 5.69 Å². The molecule has 2 aromatic rings. The third-order valence-corrected chi connectivity index (χ3v) is 3.12. The maximum absolute atomic E-state index is 4.22. The molecule has 96 valence electrons. The molecule has 0 atom stereocenters. The maximum Gasteiger partial charge on any atom is 0.0948 e. The molecule has 3 heteroatoms. The Balaban J connectivity index is 2.04. The van der Waals surface area contributed by atoms with E-state index in [4.69, 9.17) is 0 Å². The molecule has 0 amide bonds. The van der Waals surface area contributed by atoms with Gasteiger partial charge in [0.2, 0.25) is 0 Å². The van der Waals surface area contributed by atoms with Gasteiger partial charge in [-0.3, -0.25) is 0 Å². The standard InChI is InChI=1S/C15H21N3/c1-3-9-18-12-16-10-14(18)11-17-15-8-6-5-7-13(15)4-2/h5-8,10,12,17H,3-4,9,11H2,1-2H3. The Kier molecular flexibility index (Phi) is 4.40. The van der Waals surface area contributed by atoms with Gasteiger partial charge in [-0.05, 0) is 24.5 Å². The van der Waals surface area contributed by atoms with Gasteiger partial charge in [-0.15, -0.1) is 0 Å². The third kappa shape index (κ3) is 2.92. The van der Waals surface area contributed by atoms with Crippen molar-refractivity contribution < 1.29 is 0 Å². The number of nitrogens with one attached hydrogen (secondary N) is 1. The molecule has 0 radical (unpaired) electrons. The minimum Gasteiger partial charge on any atom is -0.379 e. The van der Waals surface area contributed by atoms with E-state index in [2.05, 4.69) is 53.0 Å². The Bertz CT molecular complexity index is 488. The van der Waals surface area contributed by atoms with Crippen molar-refractivity contribution in [3.8, 4) is 0 Å². The summed E-state index contributed by atoms with van der Waals surface area (Å²) in [4.78, 5) is 4.22. The molecule has 1 heterocycles. The van der Waals surface area contributed by atoms with Crippen LogP contribution in [-0.4, -0.2) is 9.55 Å². The largest absolute Gasteiger partial charge is 0.379 e. The van der Waals surface area contributed by atoms with Crippen LogP contribution in [0, 0.1) is 0 Å². The van der Waals surface area contributed by atoms with Gasteiger partial charge >= 0.3 is 0 Å². The summed E-state index contributed by atoms with van der Waals surface area (Å²) in [5.74, 6) is 0. The van der Waals surface area contributed by atoms with Gasteiger partial charge in [0.1, 0.15) is 0 Å². The molecule has 1 N–H and O–H groups in total. The molecule has 0 saturated carbocycles. The van der Waals surface area contributed by atoms with Gasteiger partial charge in [0.05, 0.1) is 18.6 Å². The minimum atomic E-state index is 0.830. The van der Waals surface area contributed by atoms with Crippen molar-refractivity contribution in [2.24, 2.45) is 0 Å². The van der Waals surface area contributed by atoms with Crippen LogP contribution in [0.1, 0.15) is 31.5 Å². The van der Waals surface area contributed by atoms with Crippen molar-refractivity contribution in [1.82, 2.24) is 9.55 Å². The lowest BCUT2D eigenvalue weighted by Crippen LogP contribution is -2.08. The SMILES string of the molecule is CCCn1cncc1CNc1ccccc1CC. The van der Waals surface area contributed by atoms with Gasteiger partial charge in [0, 0.05) is 18.4 Å². The lowest BCUT2D eigenvalue weighted by atomic mass is 10.1. The topological polar surface area (TPSA) is 29.9 Å². The number of benzene rings is 1. The molecule has 1 aromatic heterocycles. The van der Waals surface area contributed by atoms with E-state index in [1.165, 1.54) is 16.9 Å². The van der Waals surface area contributed by atoms with E-state index in [-0.39, 0.29) is 0 Å². The van der Waals surface area contributed by atoms with Crippen LogP contribution in [0.2, 0.25) is 0 Å². The number of anilines is 1. The number of hydrogen-bond acceptors (Lipinski definition) is 2. The summed E-state index contributed by atoms with van der Waals surface area (Å²) in [6.07, 6.45) is 6.04. The highest BCUT2D eigenvalue weighted by Crippen LogP contribution is 2.16. The van der Waals surface area contributed by atoms with Gasteiger partial charge < -0.3 is 9.88 Å². The summed E-state index contributed by atoms with van der Waals surface area (Å²) < 4.78 is 2.21. The smallest absolute Gasteiger partial charge is 0.0948 e. The van der Waals surface area contributed by atoms with E-state index in [1.54, 1.807) is 0 Å². The zero-order valence-electron chi connectivity index (χ0n) is 11.2. The second-order valence-corrected chi connectivity index (χ2v) is 4.44. The minimum absolute atomic E-state index is 0.830. The van der Waals surface area contributed by atoms with Crippen molar-refractivity contribution in [3.63, 3.8) is 0 Å². The molecule has 0 saturated heterocycles. The van der Waals surface area contributed by atoms with Gasteiger partial charge in [-0.1, -0.05) is 32.0 Å². The fourth-order valence-corrected chi connectivity index (χ4v) is 2.12. The van der Waals surface area contributed by atoms with Crippen LogP contribution >= 0.6 is 0 Å². The quantitative estimate of drug-likeness (QED) is 0.842. The van der Waals surface area contributed by atoms with Gasteiger partial charge in [0.15, 0.2) is 0 Å². The van der Waals surface area contributed by atoms with E-state index in [1.807, 2.05) is 12.5 Å². The first-order valence-electron chi connectivity index (χ1n) is 6.66. The molecule has 0 fully saturated rings. The first-order valence-corrected chi connectivity index (χ1v) is 6.66. The molecule has 0 unspecified atom stereocenters. The highest BCUT2D eigenvalue weighted by molar-refractivity contribution is 5.51. The number of aryl methyl sites for hydroxylation is 2. The summed E-state index contributed by atoms with van der Waals surface area (Å²) in [7, 11) is 0.